The van der Waals surface area contributed by atoms with Gasteiger partial charge >= 0.3 is 6.03 Å². The summed E-state index contributed by atoms with van der Waals surface area (Å²) in [7, 11) is 0. The third-order valence-electron chi connectivity index (χ3n) is 3.37. The van der Waals surface area contributed by atoms with E-state index in [1.54, 1.807) is 0 Å². The Labute approximate surface area is 107 Å². The van der Waals surface area contributed by atoms with E-state index in [2.05, 4.69) is 12.2 Å². The van der Waals surface area contributed by atoms with Crippen LogP contribution in [-0.2, 0) is 4.74 Å². The molecule has 2 amide bonds. The van der Waals surface area contributed by atoms with Crippen LogP contribution in [0.4, 0.5) is 4.79 Å². The Balaban J connectivity index is 1.78. The standard InChI is InChI=1S/C12H22N2O2S/c1-2-11-8-14(5-7-17-11)12(15)13-10-4-3-6-16-9-10/h10-11H,2-9H2,1H3,(H,13,15). The van der Waals surface area contributed by atoms with Crippen LogP contribution in [-0.4, -0.2) is 54.3 Å². The molecule has 2 unspecified atom stereocenters. The summed E-state index contributed by atoms with van der Waals surface area (Å²) in [6.07, 6.45) is 3.24. The summed E-state index contributed by atoms with van der Waals surface area (Å²) in [4.78, 5) is 14.0. The summed E-state index contributed by atoms with van der Waals surface area (Å²) < 4.78 is 5.38. The van der Waals surface area contributed by atoms with E-state index in [0.717, 1.165) is 44.7 Å². The predicted molar refractivity (Wildman–Crippen MR) is 70.5 cm³/mol. The van der Waals surface area contributed by atoms with Gasteiger partial charge in [0.25, 0.3) is 0 Å². The third-order valence-corrected chi connectivity index (χ3v) is 4.74. The van der Waals surface area contributed by atoms with Crippen LogP contribution in [0.5, 0.6) is 0 Å². The lowest BCUT2D eigenvalue weighted by molar-refractivity contribution is 0.0707. The van der Waals surface area contributed by atoms with Crippen molar-refractivity contribution in [2.45, 2.75) is 37.5 Å². The van der Waals surface area contributed by atoms with Crippen molar-refractivity contribution in [3.8, 4) is 0 Å². The molecule has 17 heavy (non-hydrogen) atoms. The molecule has 0 aromatic heterocycles. The number of hydrogen-bond donors (Lipinski definition) is 1. The fraction of sp³-hybridized carbons (Fsp3) is 0.917. The molecule has 0 saturated carbocycles. The van der Waals surface area contributed by atoms with Crippen LogP contribution in [0.1, 0.15) is 26.2 Å². The maximum Gasteiger partial charge on any atom is 0.317 e. The lowest BCUT2D eigenvalue weighted by Crippen LogP contribution is -2.51. The minimum atomic E-state index is 0.0965. The van der Waals surface area contributed by atoms with Gasteiger partial charge in [-0.3, -0.25) is 0 Å². The second-order valence-electron chi connectivity index (χ2n) is 4.71. The van der Waals surface area contributed by atoms with Gasteiger partial charge in [0.05, 0.1) is 12.6 Å². The Morgan fingerprint density at radius 1 is 1.59 bits per heavy atom. The number of urea groups is 1. The highest BCUT2D eigenvalue weighted by atomic mass is 32.2. The van der Waals surface area contributed by atoms with Gasteiger partial charge in [0.2, 0.25) is 0 Å². The summed E-state index contributed by atoms with van der Waals surface area (Å²) in [5.41, 5.74) is 0. The quantitative estimate of drug-likeness (QED) is 0.819. The Morgan fingerprint density at radius 2 is 2.47 bits per heavy atom. The molecule has 0 aromatic rings. The molecular formula is C12H22N2O2S. The SMILES string of the molecule is CCC1CN(C(=O)NC2CCCOC2)CCS1. The van der Waals surface area contributed by atoms with Gasteiger partial charge in [-0.25, -0.2) is 4.79 Å². The van der Waals surface area contributed by atoms with Crippen LogP contribution in [0, 0.1) is 0 Å². The number of carbonyl (C=O) groups excluding carboxylic acids is 1. The third kappa shape index (κ3) is 3.78. The highest BCUT2D eigenvalue weighted by molar-refractivity contribution is 8.00. The average Bonchev–Trinajstić information content (AvgIpc) is 2.40. The number of thioether (sulfide) groups is 1. The smallest absolute Gasteiger partial charge is 0.317 e. The zero-order valence-electron chi connectivity index (χ0n) is 10.5. The average molecular weight is 258 g/mol. The number of nitrogens with zero attached hydrogens (tertiary/aromatic N) is 1. The molecule has 4 nitrogen and oxygen atoms in total. The zero-order chi connectivity index (χ0) is 12.1. The van der Waals surface area contributed by atoms with Crippen molar-refractivity contribution in [3.63, 3.8) is 0 Å². The first kappa shape index (κ1) is 13.0. The molecular weight excluding hydrogens is 236 g/mol. The Hall–Kier alpha value is -0.420. The van der Waals surface area contributed by atoms with E-state index in [1.165, 1.54) is 0 Å². The number of carbonyl (C=O) groups is 1. The lowest BCUT2D eigenvalue weighted by Gasteiger charge is -2.33. The molecule has 5 heteroatoms. The van der Waals surface area contributed by atoms with Crippen LogP contribution in [0.2, 0.25) is 0 Å². The second-order valence-corrected chi connectivity index (χ2v) is 6.12. The number of rotatable bonds is 2. The second kappa shape index (κ2) is 6.50. The molecule has 98 valence electrons. The first-order chi connectivity index (χ1) is 8.29. The normalized spacial score (nSPS) is 30.1. The molecule has 2 aliphatic heterocycles. The van der Waals surface area contributed by atoms with Crippen LogP contribution in [0.3, 0.4) is 0 Å². The summed E-state index contributed by atoms with van der Waals surface area (Å²) in [6.45, 7) is 5.46. The van der Waals surface area contributed by atoms with Crippen molar-refractivity contribution in [3.05, 3.63) is 0 Å². The molecule has 2 saturated heterocycles. The fourth-order valence-corrected chi connectivity index (χ4v) is 3.45. The molecule has 0 radical (unpaired) electrons. The van der Waals surface area contributed by atoms with Gasteiger partial charge in [0.15, 0.2) is 0 Å². The largest absolute Gasteiger partial charge is 0.379 e. The van der Waals surface area contributed by atoms with Crippen molar-refractivity contribution in [1.29, 1.82) is 0 Å². The molecule has 1 N–H and O–H groups in total. The van der Waals surface area contributed by atoms with Crippen LogP contribution in [0.15, 0.2) is 0 Å². The van der Waals surface area contributed by atoms with Crippen LogP contribution < -0.4 is 5.32 Å². The summed E-state index contributed by atoms with van der Waals surface area (Å²) in [5.74, 6) is 1.06. The number of hydrogen-bond acceptors (Lipinski definition) is 3. The zero-order valence-corrected chi connectivity index (χ0v) is 11.3. The molecule has 0 spiro atoms. The van der Waals surface area contributed by atoms with Crippen molar-refractivity contribution in [2.75, 3.05) is 32.1 Å². The number of nitrogens with one attached hydrogen (secondary N) is 1. The Bertz CT molecular complexity index is 257. The monoisotopic (exact) mass is 258 g/mol. The van der Waals surface area contributed by atoms with E-state index >= 15 is 0 Å². The van der Waals surface area contributed by atoms with Crippen LogP contribution in [0.25, 0.3) is 0 Å². The van der Waals surface area contributed by atoms with Gasteiger partial charge in [0, 0.05) is 30.7 Å². The number of amides is 2. The van der Waals surface area contributed by atoms with Gasteiger partial charge in [-0.2, -0.15) is 11.8 Å². The molecule has 2 atom stereocenters. The van der Waals surface area contributed by atoms with Crippen molar-refractivity contribution >= 4 is 17.8 Å². The summed E-state index contributed by atoms with van der Waals surface area (Å²) >= 11 is 1.98. The minimum absolute atomic E-state index is 0.0965. The van der Waals surface area contributed by atoms with Gasteiger partial charge in [-0.05, 0) is 19.3 Å². The van der Waals surface area contributed by atoms with Crippen LogP contribution >= 0.6 is 11.8 Å². The highest BCUT2D eigenvalue weighted by Gasteiger charge is 2.25. The first-order valence-electron chi connectivity index (χ1n) is 6.54. The predicted octanol–water partition coefficient (Wildman–Crippen LogP) is 1.70. The first-order valence-corrected chi connectivity index (χ1v) is 7.59. The summed E-state index contributed by atoms with van der Waals surface area (Å²) in [5, 5.41) is 3.69. The van der Waals surface area contributed by atoms with E-state index in [1.807, 2.05) is 16.7 Å². The van der Waals surface area contributed by atoms with E-state index < -0.39 is 0 Å². The molecule has 2 fully saturated rings. The Kier molecular flexibility index (Phi) is 4.98. The maximum absolute atomic E-state index is 12.1. The van der Waals surface area contributed by atoms with Gasteiger partial charge in [-0.15, -0.1) is 0 Å². The molecule has 0 aliphatic carbocycles. The topological polar surface area (TPSA) is 41.6 Å². The fourth-order valence-electron chi connectivity index (χ4n) is 2.27. The summed E-state index contributed by atoms with van der Waals surface area (Å²) in [6, 6.07) is 0.310. The van der Waals surface area contributed by atoms with Crippen molar-refractivity contribution < 1.29 is 9.53 Å². The number of ether oxygens (including phenoxy) is 1. The van der Waals surface area contributed by atoms with Crippen molar-refractivity contribution in [1.82, 2.24) is 10.2 Å². The molecule has 0 bridgehead atoms. The van der Waals surface area contributed by atoms with Gasteiger partial charge in [0.1, 0.15) is 0 Å². The minimum Gasteiger partial charge on any atom is -0.379 e. The van der Waals surface area contributed by atoms with E-state index in [9.17, 15) is 4.79 Å². The van der Waals surface area contributed by atoms with Gasteiger partial charge in [-0.1, -0.05) is 6.92 Å². The molecule has 2 aliphatic rings. The van der Waals surface area contributed by atoms with Gasteiger partial charge < -0.3 is 15.0 Å². The molecule has 2 rings (SSSR count). The molecule has 2 heterocycles. The maximum atomic E-state index is 12.1. The highest BCUT2D eigenvalue weighted by Crippen LogP contribution is 2.21. The molecule has 0 aromatic carbocycles. The van der Waals surface area contributed by atoms with E-state index in [0.29, 0.717) is 11.9 Å². The lowest BCUT2D eigenvalue weighted by atomic mass is 10.1. The van der Waals surface area contributed by atoms with Crippen molar-refractivity contribution in [2.24, 2.45) is 0 Å². The van der Waals surface area contributed by atoms with E-state index in [4.69, 9.17) is 4.74 Å². The van der Waals surface area contributed by atoms with E-state index in [-0.39, 0.29) is 12.1 Å². The Morgan fingerprint density at radius 3 is 3.18 bits per heavy atom.